The van der Waals surface area contributed by atoms with E-state index in [1.165, 1.54) is 6.07 Å². The number of nitrogens with zero attached hydrogens (tertiary/aromatic N) is 3. The smallest absolute Gasteiger partial charge is 0.300 e. The van der Waals surface area contributed by atoms with E-state index in [1.54, 1.807) is 36.2 Å². The van der Waals surface area contributed by atoms with Crippen LogP contribution in [-0.2, 0) is 5.41 Å². The van der Waals surface area contributed by atoms with Gasteiger partial charge in [0.2, 0.25) is 0 Å². The normalized spacial score (nSPS) is 11.2. The molecule has 0 heterocycles. The summed E-state index contributed by atoms with van der Waals surface area (Å²) >= 11 is 5.90. The van der Waals surface area contributed by atoms with Gasteiger partial charge >= 0.3 is 0 Å². The zero-order chi connectivity index (χ0) is 18.9. The van der Waals surface area contributed by atoms with Gasteiger partial charge < -0.3 is 4.90 Å². The second kappa shape index (κ2) is 6.68. The molecule has 7 nitrogen and oxygen atoms in total. The number of non-ortho nitro benzene ring substituents is 1. The summed E-state index contributed by atoms with van der Waals surface area (Å²) in [5.41, 5.74) is 0.386. The Morgan fingerprint density at radius 3 is 2.00 bits per heavy atom. The van der Waals surface area contributed by atoms with Crippen LogP contribution in [0.25, 0.3) is 0 Å². The Hall–Kier alpha value is -2.67. The third-order valence-corrected chi connectivity index (χ3v) is 4.09. The summed E-state index contributed by atoms with van der Waals surface area (Å²) in [5, 5.41) is 23.3. The van der Waals surface area contributed by atoms with Gasteiger partial charge in [0.25, 0.3) is 11.4 Å². The molecular formula is C17H18ClN3O4. The Balaban J connectivity index is 2.79. The summed E-state index contributed by atoms with van der Waals surface area (Å²) in [6.07, 6.45) is 0. The lowest BCUT2D eigenvalue weighted by molar-refractivity contribution is -0.393. The van der Waals surface area contributed by atoms with E-state index >= 15 is 0 Å². The van der Waals surface area contributed by atoms with Crippen molar-refractivity contribution in [3.8, 4) is 0 Å². The average molecular weight is 364 g/mol. The van der Waals surface area contributed by atoms with Crippen LogP contribution >= 0.6 is 11.6 Å². The molecule has 0 fully saturated rings. The number of nitro benzene ring substituents is 2. The van der Waals surface area contributed by atoms with E-state index in [0.717, 1.165) is 6.07 Å². The van der Waals surface area contributed by atoms with Crippen LogP contribution in [0.5, 0.6) is 0 Å². The maximum atomic E-state index is 11.6. The minimum absolute atomic E-state index is 0.301. The van der Waals surface area contributed by atoms with Gasteiger partial charge in [-0.15, -0.1) is 0 Å². The molecule has 0 radical (unpaired) electrons. The van der Waals surface area contributed by atoms with Gasteiger partial charge in [0, 0.05) is 23.8 Å². The Morgan fingerprint density at radius 2 is 1.56 bits per heavy atom. The lowest BCUT2D eigenvalue weighted by Gasteiger charge is -2.28. The number of halogens is 1. The quantitative estimate of drug-likeness (QED) is 0.548. The van der Waals surface area contributed by atoms with Gasteiger partial charge in [-0.3, -0.25) is 20.2 Å². The summed E-state index contributed by atoms with van der Waals surface area (Å²) in [5.74, 6) is 0. The van der Waals surface area contributed by atoms with Crippen LogP contribution in [0, 0.1) is 20.2 Å². The number of nitro groups is 2. The Morgan fingerprint density at radius 1 is 1.00 bits per heavy atom. The molecule has 2 aromatic rings. The molecule has 132 valence electrons. The van der Waals surface area contributed by atoms with Crippen molar-refractivity contribution in [2.75, 3.05) is 11.9 Å². The highest BCUT2D eigenvalue weighted by Gasteiger charge is 2.32. The molecule has 0 aromatic heterocycles. The molecule has 0 N–H and O–H groups in total. The maximum Gasteiger partial charge on any atom is 0.300 e. The van der Waals surface area contributed by atoms with Gasteiger partial charge in [0.1, 0.15) is 5.69 Å². The molecule has 0 aliphatic carbocycles. The first-order valence-corrected chi connectivity index (χ1v) is 7.86. The van der Waals surface area contributed by atoms with Crippen LogP contribution in [0.2, 0.25) is 5.02 Å². The fraction of sp³-hybridized carbons (Fsp3) is 0.294. The van der Waals surface area contributed by atoms with Crippen LogP contribution in [0.4, 0.5) is 22.7 Å². The molecule has 0 unspecified atom stereocenters. The molecule has 2 rings (SSSR count). The van der Waals surface area contributed by atoms with Gasteiger partial charge in [0.05, 0.1) is 15.9 Å². The molecule has 25 heavy (non-hydrogen) atoms. The van der Waals surface area contributed by atoms with Gasteiger partial charge in [0.15, 0.2) is 0 Å². The van der Waals surface area contributed by atoms with Crippen LogP contribution in [0.3, 0.4) is 0 Å². The Kier molecular flexibility index (Phi) is 4.99. The molecule has 0 bridgehead atoms. The zero-order valence-corrected chi connectivity index (χ0v) is 15.1. The second-order valence-corrected chi connectivity index (χ2v) is 7.10. The van der Waals surface area contributed by atoms with Crippen LogP contribution in [0.15, 0.2) is 36.4 Å². The molecule has 0 spiro atoms. The predicted molar refractivity (Wildman–Crippen MR) is 98.0 cm³/mol. The summed E-state index contributed by atoms with van der Waals surface area (Å²) in [6, 6.07) is 9.23. The molecule has 0 aliphatic rings. The summed E-state index contributed by atoms with van der Waals surface area (Å²) in [4.78, 5) is 23.2. The van der Waals surface area contributed by atoms with E-state index in [9.17, 15) is 20.2 Å². The van der Waals surface area contributed by atoms with Crippen molar-refractivity contribution < 1.29 is 9.85 Å². The van der Waals surface area contributed by atoms with Crippen molar-refractivity contribution in [3.05, 3.63) is 67.2 Å². The third kappa shape index (κ3) is 3.88. The molecule has 0 atom stereocenters. The summed E-state index contributed by atoms with van der Waals surface area (Å²) < 4.78 is 0. The fourth-order valence-electron chi connectivity index (χ4n) is 2.57. The van der Waals surface area contributed by atoms with Crippen molar-refractivity contribution in [2.24, 2.45) is 0 Å². The first-order valence-electron chi connectivity index (χ1n) is 7.49. The number of anilines is 2. The van der Waals surface area contributed by atoms with E-state index in [-0.39, 0.29) is 11.4 Å². The van der Waals surface area contributed by atoms with Crippen molar-refractivity contribution in [1.82, 2.24) is 0 Å². The van der Waals surface area contributed by atoms with Crippen molar-refractivity contribution >= 4 is 34.4 Å². The maximum absolute atomic E-state index is 11.6. The summed E-state index contributed by atoms with van der Waals surface area (Å²) in [7, 11) is 1.69. The molecule has 0 saturated carbocycles. The third-order valence-electron chi connectivity index (χ3n) is 3.84. The number of hydrogen-bond acceptors (Lipinski definition) is 5. The Labute approximate surface area is 150 Å². The highest BCUT2D eigenvalue weighted by Crippen LogP contribution is 2.43. The zero-order valence-electron chi connectivity index (χ0n) is 14.3. The Bertz CT molecular complexity index is 829. The largest absolute Gasteiger partial charge is 0.339 e. The standard InChI is InChI=1S/C17H18ClN3O4/c1-17(2,3)14-9-13(20(22)23)10-15(21(24)25)16(14)19(4)12-7-5-11(18)6-8-12/h5-10H,1-4H3. The van der Waals surface area contributed by atoms with E-state index in [4.69, 9.17) is 11.6 Å². The average Bonchev–Trinajstić information content (AvgIpc) is 2.52. The lowest BCUT2D eigenvalue weighted by atomic mass is 9.84. The van der Waals surface area contributed by atoms with E-state index in [1.807, 2.05) is 20.8 Å². The molecule has 8 heteroatoms. The molecule has 0 aliphatic heterocycles. The number of benzene rings is 2. The van der Waals surface area contributed by atoms with Crippen molar-refractivity contribution in [3.63, 3.8) is 0 Å². The van der Waals surface area contributed by atoms with Gasteiger partial charge in [-0.05, 0) is 35.2 Å². The van der Waals surface area contributed by atoms with E-state index in [0.29, 0.717) is 22.0 Å². The van der Waals surface area contributed by atoms with E-state index in [2.05, 4.69) is 0 Å². The minimum Gasteiger partial charge on any atom is -0.339 e. The monoisotopic (exact) mass is 363 g/mol. The first kappa shape index (κ1) is 18.7. The summed E-state index contributed by atoms with van der Waals surface area (Å²) in [6.45, 7) is 5.57. The van der Waals surface area contributed by atoms with Crippen LogP contribution in [0.1, 0.15) is 26.3 Å². The van der Waals surface area contributed by atoms with Gasteiger partial charge in [-0.2, -0.15) is 0 Å². The molecule has 0 saturated heterocycles. The number of hydrogen-bond donors (Lipinski definition) is 0. The molecule has 0 amide bonds. The SMILES string of the molecule is CN(c1ccc(Cl)cc1)c1c([N+](=O)[O-])cc([N+](=O)[O-])cc1C(C)(C)C. The first-order chi connectivity index (χ1) is 11.5. The van der Waals surface area contributed by atoms with Crippen molar-refractivity contribution in [2.45, 2.75) is 26.2 Å². The fourth-order valence-corrected chi connectivity index (χ4v) is 2.69. The van der Waals surface area contributed by atoms with Gasteiger partial charge in [-0.1, -0.05) is 32.4 Å². The number of rotatable bonds is 4. The van der Waals surface area contributed by atoms with Gasteiger partial charge in [-0.25, -0.2) is 0 Å². The predicted octanol–water partition coefficient (Wildman–Crippen LogP) is 5.22. The molecular weight excluding hydrogens is 346 g/mol. The topological polar surface area (TPSA) is 89.5 Å². The van der Waals surface area contributed by atoms with E-state index < -0.39 is 15.3 Å². The molecule has 2 aromatic carbocycles. The van der Waals surface area contributed by atoms with Crippen LogP contribution < -0.4 is 4.90 Å². The van der Waals surface area contributed by atoms with Crippen LogP contribution in [-0.4, -0.2) is 16.9 Å². The van der Waals surface area contributed by atoms with Crippen molar-refractivity contribution in [1.29, 1.82) is 0 Å². The lowest BCUT2D eigenvalue weighted by Crippen LogP contribution is -2.21. The highest BCUT2D eigenvalue weighted by atomic mass is 35.5. The highest BCUT2D eigenvalue weighted by molar-refractivity contribution is 6.30. The minimum atomic E-state index is -0.617. The second-order valence-electron chi connectivity index (χ2n) is 6.66.